The quantitative estimate of drug-likeness (QED) is 0.886. The van der Waals surface area contributed by atoms with Crippen molar-refractivity contribution in [2.24, 2.45) is 5.92 Å². The summed E-state index contributed by atoms with van der Waals surface area (Å²) in [7, 11) is 0. The number of alkyl halides is 3. The van der Waals surface area contributed by atoms with Gasteiger partial charge >= 0.3 is 12.1 Å². The van der Waals surface area contributed by atoms with Crippen molar-refractivity contribution >= 4 is 11.9 Å². The zero-order valence-corrected chi connectivity index (χ0v) is 14.5. The summed E-state index contributed by atoms with van der Waals surface area (Å²) in [5.41, 5.74) is -0.643. The largest absolute Gasteiger partial charge is 0.481 e. The molecule has 1 amide bonds. The molecule has 2 heterocycles. The molecule has 27 heavy (non-hydrogen) atoms. The number of amides is 1. The summed E-state index contributed by atoms with van der Waals surface area (Å²) in [4.78, 5) is 25.6. The summed E-state index contributed by atoms with van der Waals surface area (Å²) in [5, 5.41) is 12.9. The van der Waals surface area contributed by atoms with Gasteiger partial charge in [0.05, 0.1) is 17.8 Å². The Morgan fingerprint density at radius 3 is 2.63 bits per heavy atom. The lowest BCUT2D eigenvalue weighted by atomic mass is 9.93. The van der Waals surface area contributed by atoms with E-state index < -0.39 is 29.7 Å². The van der Waals surface area contributed by atoms with Gasteiger partial charge in [0.1, 0.15) is 5.69 Å². The van der Waals surface area contributed by atoms with Crippen molar-refractivity contribution in [1.29, 1.82) is 0 Å². The van der Waals surface area contributed by atoms with Crippen LogP contribution in [0.2, 0.25) is 0 Å². The van der Waals surface area contributed by atoms with Gasteiger partial charge in [-0.1, -0.05) is 6.07 Å². The van der Waals surface area contributed by atoms with E-state index in [4.69, 9.17) is 0 Å². The number of nitrogens with zero attached hydrogens (tertiary/aromatic N) is 3. The fourth-order valence-corrected chi connectivity index (χ4v) is 3.25. The fraction of sp³-hybridized carbons (Fsp3) is 0.389. The first-order valence-corrected chi connectivity index (χ1v) is 8.44. The molecular formula is C18H18F3N3O3. The first kappa shape index (κ1) is 18.9. The number of halogens is 3. The Balaban J connectivity index is 1.91. The van der Waals surface area contributed by atoms with Crippen molar-refractivity contribution in [2.75, 3.05) is 6.54 Å². The van der Waals surface area contributed by atoms with Gasteiger partial charge in [-0.2, -0.15) is 18.3 Å². The van der Waals surface area contributed by atoms with Crippen LogP contribution in [0.3, 0.4) is 0 Å². The van der Waals surface area contributed by atoms with E-state index in [2.05, 4.69) is 5.10 Å². The number of benzene rings is 1. The Kier molecular flexibility index (Phi) is 4.95. The smallest absolute Gasteiger partial charge is 0.433 e. The van der Waals surface area contributed by atoms with E-state index in [9.17, 15) is 27.9 Å². The molecule has 1 saturated heterocycles. The molecule has 0 aliphatic carbocycles. The van der Waals surface area contributed by atoms with Crippen LogP contribution in [0.4, 0.5) is 13.2 Å². The van der Waals surface area contributed by atoms with Gasteiger partial charge in [0.2, 0.25) is 0 Å². The van der Waals surface area contributed by atoms with Crippen LogP contribution in [0.25, 0.3) is 5.69 Å². The lowest BCUT2D eigenvalue weighted by molar-refractivity contribution is -0.144. The molecule has 6 nitrogen and oxygen atoms in total. The lowest BCUT2D eigenvalue weighted by Gasteiger charge is -2.36. The van der Waals surface area contributed by atoms with Crippen molar-refractivity contribution in [3.05, 3.63) is 47.8 Å². The van der Waals surface area contributed by atoms with E-state index in [0.717, 1.165) is 16.9 Å². The molecular weight excluding hydrogens is 363 g/mol. The Morgan fingerprint density at radius 2 is 1.96 bits per heavy atom. The molecule has 1 fully saturated rings. The van der Waals surface area contributed by atoms with Gasteiger partial charge in [-0.25, -0.2) is 4.68 Å². The molecule has 0 radical (unpaired) electrons. The fourth-order valence-electron chi connectivity index (χ4n) is 3.25. The molecule has 2 unspecified atom stereocenters. The molecule has 1 aliphatic heterocycles. The van der Waals surface area contributed by atoms with Crippen molar-refractivity contribution < 1.29 is 27.9 Å². The van der Waals surface area contributed by atoms with Crippen LogP contribution in [-0.2, 0) is 11.0 Å². The van der Waals surface area contributed by atoms with Gasteiger partial charge in [0.25, 0.3) is 5.91 Å². The minimum atomic E-state index is -4.58. The Hall–Kier alpha value is -2.84. The Bertz CT molecular complexity index is 863. The van der Waals surface area contributed by atoms with Gasteiger partial charge < -0.3 is 10.0 Å². The topological polar surface area (TPSA) is 75.4 Å². The van der Waals surface area contributed by atoms with E-state index in [1.165, 1.54) is 29.2 Å². The van der Waals surface area contributed by atoms with E-state index in [0.29, 0.717) is 12.8 Å². The summed E-state index contributed by atoms with van der Waals surface area (Å²) < 4.78 is 40.0. The average molecular weight is 381 g/mol. The highest BCUT2D eigenvalue weighted by atomic mass is 19.4. The van der Waals surface area contributed by atoms with Crippen molar-refractivity contribution in [2.45, 2.75) is 32.0 Å². The number of aromatic nitrogens is 2. The molecule has 3 rings (SSSR count). The molecule has 2 atom stereocenters. The second-order valence-electron chi connectivity index (χ2n) is 6.60. The van der Waals surface area contributed by atoms with Gasteiger partial charge in [0, 0.05) is 18.2 Å². The summed E-state index contributed by atoms with van der Waals surface area (Å²) in [6, 6.07) is 6.46. The zero-order valence-electron chi connectivity index (χ0n) is 14.5. The third kappa shape index (κ3) is 3.81. The Labute approximate surface area is 153 Å². The van der Waals surface area contributed by atoms with Crippen LogP contribution in [0.15, 0.2) is 36.5 Å². The number of likely N-dealkylation sites (tertiary alicyclic amines) is 1. The lowest BCUT2D eigenvalue weighted by Crippen LogP contribution is -2.47. The number of rotatable bonds is 3. The van der Waals surface area contributed by atoms with Crippen molar-refractivity contribution in [3.63, 3.8) is 0 Å². The van der Waals surface area contributed by atoms with Crippen molar-refractivity contribution in [1.82, 2.24) is 14.7 Å². The Morgan fingerprint density at radius 1 is 1.22 bits per heavy atom. The minimum Gasteiger partial charge on any atom is -0.481 e. The third-order valence-corrected chi connectivity index (χ3v) is 4.76. The van der Waals surface area contributed by atoms with Crippen LogP contribution in [0.5, 0.6) is 0 Å². The highest BCUT2D eigenvalue weighted by molar-refractivity contribution is 5.95. The molecule has 9 heteroatoms. The second-order valence-corrected chi connectivity index (χ2v) is 6.60. The van der Waals surface area contributed by atoms with E-state index in [1.807, 2.05) is 6.92 Å². The SMILES string of the molecule is CC1CCC(C(=O)O)CN1C(=O)c1cccc(-n2nccc2C(F)(F)F)c1. The summed E-state index contributed by atoms with van der Waals surface area (Å²) in [6.45, 7) is 1.91. The first-order chi connectivity index (χ1) is 12.7. The number of piperidine rings is 1. The van der Waals surface area contributed by atoms with Gasteiger partial charge in [0.15, 0.2) is 0 Å². The predicted molar refractivity (Wildman–Crippen MR) is 89.4 cm³/mol. The summed E-state index contributed by atoms with van der Waals surface area (Å²) >= 11 is 0. The number of hydrogen-bond acceptors (Lipinski definition) is 3. The molecule has 0 bridgehead atoms. The molecule has 2 aromatic rings. The first-order valence-electron chi connectivity index (χ1n) is 8.44. The maximum Gasteiger partial charge on any atom is 0.433 e. The molecule has 1 aliphatic rings. The molecule has 1 N–H and O–H groups in total. The zero-order chi connectivity index (χ0) is 19.8. The number of carboxylic acid groups (broad SMARTS) is 1. The normalized spacial score (nSPS) is 20.5. The maximum atomic E-state index is 13.1. The molecule has 0 saturated carbocycles. The van der Waals surface area contributed by atoms with Gasteiger partial charge in [-0.05, 0) is 44.0 Å². The standard InChI is InChI=1S/C18H18F3N3O3/c1-11-5-6-13(17(26)27)10-23(11)16(25)12-3-2-4-14(9-12)24-15(7-8-22-24)18(19,20)21/h2-4,7-9,11,13H,5-6,10H2,1H3,(H,26,27). The van der Waals surface area contributed by atoms with Crippen LogP contribution in [-0.4, -0.2) is 44.3 Å². The maximum absolute atomic E-state index is 13.1. The van der Waals surface area contributed by atoms with E-state index in [1.54, 1.807) is 0 Å². The number of carbonyl (C=O) groups is 2. The molecule has 1 aromatic heterocycles. The monoisotopic (exact) mass is 381 g/mol. The number of carboxylic acids is 1. The average Bonchev–Trinajstić information content (AvgIpc) is 3.12. The molecule has 0 spiro atoms. The van der Waals surface area contributed by atoms with E-state index >= 15 is 0 Å². The highest BCUT2D eigenvalue weighted by Gasteiger charge is 2.36. The van der Waals surface area contributed by atoms with Crippen LogP contribution < -0.4 is 0 Å². The number of aliphatic carboxylic acids is 1. The van der Waals surface area contributed by atoms with Gasteiger partial charge in [-0.3, -0.25) is 9.59 Å². The van der Waals surface area contributed by atoms with Crippen LogP contribution in [0, 0.1) is 5.92 Å². The number of carbonyl (C=O) groups excluding carboxylic acids is 1. The molecule has 144 valence electrons. The van der Waals surface area contributed by atoms with Crippen molar-refractivity contribution in [3.8, 4) is 5.69 Å². The van der Waals surface area contributed by atoms with Gasteiger partial charge in [-0.15, -0.1) is 0 Å². The highest BCUT2D eigenvalue weighted by Crippen LogP contribution is 2.31. The predicted octanol–water partition coefficient (Wildman–Crippen LogP) is 3.22. The number of hydrogen-bond donors (Lipinski definition) is 1. The minimum absolute atomic E-state index is 0.0785. The molecule has 1 aromatic carbocycles. The third-order valence-electron chi connectivity index (χ3n) is 4.76. The van der Waals surface area contributed by atoms with E-state index in [-0.39, 0.29) is 23.8 Å². The summed E-state index contributed by atoms with van der Waals surface area (Å²) in [5.74, 6) is -2.01. The summed E-state index contributed by atoms with van der Waals surface area (Å²) in [6.07, 6.45) is -2.49. The van der Waals surface area contributed by atoms with Crippen LogP contribution >= 0.6 is 0 Å². The second kappa shape index (κ2) is 7.05. The van der Waals surface area contributed by atoms with Crippen LogP contribution in [0.1, 0.15) is 35.8 Å².